The first-order valence-corrected chi connectivity index (χ1v) is 10.9. The molecule has 1 atom stereocenters. The van der Waals surface area contributed by atoms with Crippen LogP contribution in [-0.4, -0.2) is 48.1 Å². The number of ketones is 1. The summed E-state index contributed by atoms with van der Waals surface area (Å²) in [5.41, 5.74) is 1.24. The lowest BCUT2D eigenvalue weighted by Gasteiger charge is -2.25. The number of benzene rings is 2. The zero-order chi connectivity index (χ0) is 22.5. The minimum absolute atomic E-state index is 0.0744. The van der Waals surface area contributed by atoms with Gasteiger partial charge in [-0.15, -0.1) is 0 Å². The van der Waals surface area contributed by atoms with Gasteiger partial charge in [0.1, 0.15) is 11.5 Å². The van der Waals surface area contributed by atoms with Crippen LogP contribution in [0.25, 0.3) is 5.76 Å². The minimum atomic E-state index is -0.696. The van der Waals surface area contributed by atoms with Crippen molar-refractivity contribution < 1.29 is 24.2 Å². The van der Waals surface area contributed by atoms with Gasteiger partial charge in [-0.05, 0) is 50.1 Å². The number of aliphatic hydroxyl groups is 1. The van der Waals surface area contributed by atoms with E-state index in [0.717, 1.165) is 10.0 Å². The molecule has 6 nitrogen and oxygen atoms in total. The van der Waals surface area contributed by atoms with Crippen LogP contribution < -0.4 is 4.74 Å². The summed E-state index contributed by atoms with van der Waals surface area (Å²) in [4.78, 5) is 27.4. The van der Waals surface area contributed by atoms with Crippen LogP contribution in [0.3, 0.4) is 0 Å². The van der Waals surface area contributed by atoms with E-state index in [1.807, 2.05) is 38.1 Å². The third-order valence-corrected chi connectivity index (χ3v) is 5.59. The van der Waals surface area contributed by atoms with Crippen molar-refractivity contribution in [1.29, 1.82) is 0 Å². The van der Waals surface area contributed by atoms with Crippen molar-refractivity contribution >= 4 is 33.4 Å². The lowest BCUT2D eigenvalue weighted by molar-refractivity contribution is -0.140. The van der Waals surface area contributed by atoms with Crippen molar-refractivity contribution in [2.45, 2.75) is 32.4 Å². The Kier molecular flexibility index (Phi) is 7.51. The molecule has 0 spiro atoms. The number of halogens is 1. The van der Waals surface area contributed by atoms with Crippen molar-refractivity contribution in [2.24, 2.45) is 0 Å². The largest absolute Gasteiger partial charge is 0.507 e. The van der Waals surface area contributed by atoms with Crippen LogP contribution in [0.4, 0.5) is 0 Å². The molecule has 2 aromatic rings. The highest BCUT2D eigenvalue weighted by molar-refractivity contribution is 9.10. The molecule has 1 fully saturated rings. The summed E-state index contributed by atoms with van der Waals surface area (Å²) >= 11 is 3.42. The molecule has 0 radical (unpaired) electrons. The van der Waals surface area contributed by atoms with E-state index < -0.39 is 17.7 Å². The van der Waals surface area contributed by atoms with Crippen LogP contribution in [-0.2, 0) is 14.3 Å². The number of Topliss-reactive ketones (excluding diaryl/α,β-unsaturated/α-hetero) is 1. The van der Waals surface area contributed by atoms with E-state index in [1.165, 1.54) is 12.0 Å². The molecule has 1 aliphatic heterocycles. The SMILES string of the molecule is COc1cccc(C(O)=C2C(=O)C(=O)N(CCCOC(C)C)[C@@H]2c2ccc(Br)cc2)c1. The van der Waals surface area contributed by atoms with Gasteiger partial charge in [-0.2, -0.15) is 0 Å². The van der Waals surface area contributed by atoms with E-state index in [9.17, 15) is 14.7 Å². The van der Waals surface area contributed by atoms with Gasteiger partial charge in [-0.3, -0.25) is 9.59 Å². The Balaban J connectivity index is 2.03. The number of rotatable bonds is 8. The number of ether oxygens (including phenoxy) is 2. The normalized spacial score (nSPS) is 18.1. The van der Waals surface area contributed by atoms with Crippen LogP contribution in [0, 0.1) is 0 Å². The number of methoxy groups -OCH3 is 1. The Morgan fingerprint density at radius 3 is 2.52 bits per heavy atom. The second-order valence-electron chi connectivity index (χ2n) is 7.55. The molecular formula is C24H26BrNO5. The molecule has 2 aromatic carbocycles. The maximum absolute atomic E-state index is 13.0. The highest BCUT2D eigenvalue weighted by Gasteiger charge is 2.45. The lowest BCUT2D eigenvalue weighted by atomic mass is 9.95. The van der Waals surface area contributed by atoms with Gasteiger partial charge in [0, 0.05) is 23.2 Å². The van der Waals surface area contributed by atoms with Gasteiger partial charge < -0.3 is 19.5 Å². The molecule has 1 heterocycles. The summed E-state index contributed by atoms with van der Waals surface area (Å²) in [6.07, 6.45) is 0.669. The smallest absolute Gasteiger partial charge is 0.295 e. The van der Waals surface area contributed by atoms with Crippen molar-refractivity contribution in [3.05, 3.63) is 69.7 Å². The third kappa shape index (κ3) is 5.17. The fourth-order valence-electron chi connectivity index (χ4n) is 3.58. The Morgan fingerprint density at radius 2 is 1.87 bits per heavy atom. The van der Waals surface area contributed by atoms with Crippen molar-refractivity contribution in [3.8, 4) is 5.75 Å². The highest BCUT2D eigenvalue weighted by atomic mass is 79.9. The second-order valence-corrected chi connectivity index (χ2v) is 8.46. The Hall–Kier alpha value is -2.64. The zero-order valence-electron chi connectivity index (χ0n) is 17.8. The third-order valence-electron chi connectivity index (χ3n) is 5.06. The summed E-state index contributed by atoms with van der Waals surface area (Å²) in [5.74, 6) is -0.990. The highest BCUT2D eigenvalue weighted by Crippen LogP contribution is 2.40. The van der Waals surface area contributed by atoms with E-state index in [1.54, 1.807) is 24.3 Å². The van der Waals surface area contributed by atoms with Gasteiger partial charge >= 0.3 is 0 Å². The van der Waals surface area contributed by atoms with Crippen molar-refractivity contribution in [2.75, 3.05) is 20.3 Å². The second kappa shape index (κ2) is 10.1. The van der Waals surface area contributed by atoms with E-state index >= 15 is 0 Å². The maximum atomic E-state index is 13.0. The first-order valence-electron chi connectivity index (χ1n) is 10.1. The van der Waals surface area contributed by atoms with Gasteiger partial charge in [-0.1, -0.05) is 40.2 Å². The van der Waals surface area contributed by atoms with Gasteiger partial charge in [-0.25, -0.2) is 0 Å². The fraction of sp³-hybridized carbons (Fsp3) is 0.333. The summed E-state index contributed by atoms with van der Waals surface area (Å²) in [6, 6.07) is 13.5. The number of hydrogen-bond acceptors (Lipinski definition) is 5. The van der Waals surface area contributed by atoms with Gasteiger partial charge in [0.2, 0.25) is 0 Å². The van der Waals surface area contributed by atoms with E-state index in [4.69, 9.17) is 9.47 Å². The molecule has 1 amide bonds. The zero-order valence-corrected chi connectivity index (χ0v) is 19.4. The number of likely N-dealkylation sites (tertiary alicyclic amines) is 1. The van der Waals surface area contributed by atoms with E-state index in [0.29, 0.717) is 30.9 Å². The fourth-order valence-corrected chi connectivity index (χ4v) is 3.85. The Bertz CT molecular complexity index is 984. The lowest BCUT2D eigenvalue weighted by Crippen LogP contribution is -2.31. The predicted octanol–water partition coefficient (Wildman–Crippen LogP) is 4.69. The number of carbonyl (C=O) groups excluding carboxylic acids is 2. The van der Waals surface area contributed by atoms with Gasteiger partial charge in [0.05, 0.1) is 24.8 Å². The molecule has 0 aromatic heterocycles. The van der Waals surface area contributed by atoms with Crippen molar-refractivity contribution in [3.63, 3.8) is 0 Å². The molecule has 31 heavy (non-hydrogen) atoms. The average molecular weight is 488 g/mol. The summed E-state index contributed by atoms with van der Waals surface area (Å²) in [7, 11) is 1.53. The quantitative estimate of drug-likeness (QED) is 0.253. The number of amides is 1. The molecule has 3 rings (SSSR count). The predicted molar refractivity (Wildman–Crippen MR) is 122 cm³/mol. The van der Waals surface area contributed by atoms with Crippen LogP contribution in [0.1, 0.15) is 37.4 Å². The number of hydrogen-bond donors (Lipinski definition) is 1. The molecule has 1 saturated heterocycles. The molecule has 0 aliphatic carbocycles. The molecule has 7 heteroatoms. The number of carbonyl (C=O) groups is 2. The molecule has 0 bridgehead atoms. The van der Waals surface area contributed by atoms with Crippen LogP contribution >= 0.6 is 15.9 Å². The van der Waals surface area contributed by atoms with E-state index in [2.05, 4.69) is 15.9 Å². The molecule has 1 aliphatic rings. The molecule has 0 saturated carbocycles. The first-order chi connectivity index (χ1) is 14.8. The number of nitrogens with zero attached hydrogens (tertiary/aromatic N) is 1. The first kappa shape index (κ1) is 23.0. The summed E-state index contributed by atoms with van der Waals surface area (Å²) in [5, 5.41) is 11.1. The van der Waals surface area contributed by atoms with Gasteiger partial charge in [0.15, 0.2) is 0 Å². The Morgan fingerprint density at radius 1 is 1.16 bits per heavy atom. The standard InChI is InChI=1S/C24H26BrNO5/c1-15(2)31-13-5-12-26-21(16-8-10-18(25)11-9-16)20(23(28)24(26)29)22(27)17-6-4-7-19(14-17)30-3/h4,6-11,14-15,21,27H,5,12-13H2,1-3H3/t21-/m1/s1. The van der Waals surface area contributed by atoms with Crippen LogP contribution in [0.2, 0.25) is 0 Å². The molecular weight excluding hydrogens is 462 g/mol. The maximum Gasteiger partial charge on any atom is 0.295 e. The monoisotopic (exact) mass is 487 g/mol. The van der Waals surface area contributed by atoms with E-state index in [-0.39, 0.29) is 17.4 Å². The van der Waals surface area contributed by atoms with Gasteiger partial charge in [0.25, 0.3) is 11.7 Å². The molecule has 0 unspecified atom stereocenters. The topological polar surface area (TPSA) is 76.1 Å². The summed E-state index contributed by atoms with van der Waals surface area (Å²) < 4.78 is 11.7. The van der Waals surface area contributed by atoms with Crippen molar-refractivity contribution in [1.82, 2.24) is 4.90 Å². The average Bonchev–Trinajstić information content (AvgIpc) is 3.01. The van der Waals surface area contributed by atoms with Crippen LogP contribution in [0.15, 0.2) is 58.6 Å². The Labute approximate surface area is 190 Å². The number of aliphatic hydroxyl groups excluding tert-OH is 1. The van der Waals surface area contributed by atoms with Crippen LogP contribution in [0.5, 0.6) is 5.75 Å². The molecule has 164 valence electrons. The minimum Gasteiger partial charge on any atom is -0.507 e. The summed E-state index contributed by atoms with van der Waals surface area (Å²) in [6.45, 7) is 4.71. The molecule has 1 N–H and O–H groups in total.